The predicted molar refractivity (Wildman–Crippen MR) is 66.9 cm³/mol. The summed E-state index contributed by atoms with van der Waals surface area (Å²) in [4.78, 5) is 11.9. The van der Waals surface area contributed by atoms with Crippen LogP contribution in [0.2, 0.25) is 0 Å². The van der Waals surface area contributed by atoms with Gasteiger partial charge in [-0.2, -0.15) is 10.2 Å². The first-order valence-corrected chi connectivity index (χ1v) is 5.62. The second-order valence-corrected chi connectivity index (χ2v) is 4.11. The number of anilines is 1. The zero-order chi connectivity index (χ0) is 13.1. The number of hydrogen-bond acceptors (Lipinski definition) is 4. The summed E-state index contributed by atoms with van der Waals surface area (Å²) in [5, 5.41) is 10.8. The summed E-state index contributed by atoms with van der Waals surface area (Å²) >= 11 is 0. The number of aryl methyl sites for hydroxylation is 2. The fraction of sp³-hybridized carbons (Fsp3) is 0.364. The molecule has 0 radical (unpaired) electrons. The average molecular weight is 248 g/mol. The van der Waals surface area contributed by atoms with E-state index in [0.717, 1.165) is 5.56 Å². The minimum absolute atomic E-state index is 0.226. The zero-order valence-electron chi connectivity index (χ0n) is 10.4. The van der Waals surface area contributed by atoms with Gasteiger partial charge in [0.1, 0.15) is 5.69 Å². The molecule has 18 heavy (non-hydrogen) atoms. The van der Waals surface area contributed by atoms with Crippen molar-refractivity contribution < 1.29 is 4.79 Å². The first kappa shape index (κ1) is 12.2. The number of nitrogens with one attached hydrogen (secondary N) is 1. The molecule has 2 aromatic heterocycles. The molecule has 2 heterocycles. The lowest BCUT2D eigenvalue weighted by atomic mass is 10.3. The van der Waals surface area contributed by atoms with Crippen LogP contribution in [-0.4, -0.2) is 32.0 Å². The van der Waals surface area contributed by atoms with Gasteiger partial charge in [-0.3, -0.25) is 14.2 Å². The Bertz CT molecular complexity index is 536. The Morgan fingerprint density at radius 2 is 2.22 bits per heavy atom. The van der Waals surface area contributed by atoms with E-state index in [9.17, 15) is 4.79 Å². The van der Waals surface area contributed by atoms with Gasteiger partial charge in [0.2, 0.25) is 0 Å². The summed E-state index contributed by atoms with van der Waals surface area (Å²) in [5.74, 6) is -0.226. The highest BCUT2D eigenvalue weighted by atomic mass is 16.2. The van der Waals surface area contributed by atoms with E-state index in [0.29, 0.717) is 24.5 Å². The second kappa shape index (κ2) is 4.91. The number of hydrogen-bond donors (Lipinski definition) is 2. The van der Waals surface area contributed by atoms with Crippen LogP contribution in [0.5, 0.6) is 0 Å². The Kier molecular flexibility index (Phi) is 3.31. The van der Waals surface area contributed by atoms with Crippen LogP contribution in [0.4, 0.5) is 5.69 Å². The summed E-state index contributed by atoms with van der Waals surface area (Å²) in [6, 6.07) is 0. The molecule has 0 aliphatic heterocycles. The molecule has 0 aromatic carbocycles. The Morgan fingerprint density at radius 1 is 1.44 bits per heavy atom. The third kappa shape index (κ3) is 2.50. The van der Waals surface area contributed by atoms with Crippen LogP contribution in [-0.2, 0) is 13.6 Å². The second-order valence-electron chi connectivity index (χ2n) is 4.11. The van der Waals surface area contributed by atoms with Gasteiger partial charge in [0.15, 0.2) is 0 Å². The minimum atomic E-state index is -0.226. The lowest BCUT2D eigenvalue weighted by Gasteiger charge is -2.06. The fourth-order valence-electron chi connectivity index (χ4n) is 1.69. The quantitative estimate of drug-likeness (QED) is 0.793. The smallest absolute Gasteiger partial charge is 0.271 e. The van der Waals surface area contributed by atoms with E-state index in [2.05, 4.69) is 15.5 Å². The highest BCUT2D eigenvalue weighted by Crippen LogP contribution is 2.08. The number of carbonyl (C=O) groups excluding carboxylic acids is 1. The van der Waals surface area contributed by atoms with Crippen molar-refractivity contribution in [2.75, 3.05) is 12.3 Å². The maximum Gasteiger partial charge on any atom is 0.271 e. The first-order chi connectivity index (χ1) is 8.58. The van der Waals surface area contributed by atoms with Gasteiger partial charge in [-0.25, -0.2) is 0 Å². The van der Waals surface area contributed by atoms with E-state index >= 15 is 0 Å². The van der Waals surface area contributed by atoms with Crippen molar-refractivity contribution in [3.63, 3.8) is 0 Å². The summed E-state index contributed by atoms with van der Waals surface area (Å²) in [6.07, 6.45) is 5.16. The predicted octanol–water partition coefficient (Wildman–Crippen LogP) is -0.0628. The van der Waals surface area contributed by atoms with E-state index in [1.165, 1.54) is 10.9 Å². The van der Waals surface area contributed by atoms with Crippen LogP contribution in [0.15, 0.2) is 18.6 Å². The molecule has 1 amide bonds. The number of aromatic nitrogens is 4. The highest BCUT2D eigenvalue weighted by molar-refractivity contribution is 5.97. The Morgan fingerprint density at radius 3 is 2.78 bits per heavy atom. The van der Waals surface area contributed by atoms with Gasteiger partial charge < -0.3 is 11.1 Å². The monoisotopic (exact) mass is 248 g/mol. The van der Waals surface area contributed by atoms with Crippen LogP contribution in [0.3, 0.4) is 0 Å². The SMILES string of the molecule is Cc1cnn(CCNC(=O)c2c(N)cnn2C)c1. The van der Waals surface area contributed by atoms with Crippen LogP contribution in [0.25, 0.3) is 0 Å². The van der Waals surface area contributed by atoms with Gasteiger partial charge in [0, 0.05) is 19.8 Å². The molecule has 0 unspecified atom stereocenters. The number of nitrogen functional groups attached to an aromatic ring is 1. The standard InChI is InChI=1S/C11H16N6O/c1-8-5-15-17(7-8)4-3-13-11(18)10-9(12)6-14-16(10)2/h5-7H,3-4,12H2,1-2H3,(H,13,18). The molecule has 0 spiro atoms. The molecular weight excluding hydrogens is 232 g/mol. The Labute approximate surface area is 105 Å². The molecule has 0 saturated heterocycles. The van der Waals surface area contributed by atoms with Gasteiger partial charge in [0.05, 0.1) is 24.6 Å². The van der Waals surface area contributed by atoms with Crippen molar-refractivity contribution in [2.24, 2.45) is 7.05 Å². The summed E-state index contributed by atoms with van der Waals surface area (Å²) in [7, 11) is 1.68. The van der Waals surface area contributed by atoms with Crippen molar-refractivity contribution >= 4 is 11.6 Å². The van der Waals surface area contributed by atoms with Crippen molar-refractivity contribution in [1.82, 2.24) is 24.9 Å². The molecule has 0 saturated carbocycles. The first-order valence-electron chi connectivity index (χ1n) is 5.62. The molecular formula is C11H16N6O. The maximum atomic E-state index is 11.9. The van der Waals surface area contributed by atoms with Gasteiger partial charge in [-0.15, -0.1) is 0 Å². The van der Waals surface area contributed by atoms with E-state index in [-0.39, 0.29) is 5.91 Å². The average Bonchev–Trinajstić information content (AvgIpc) is 2.86. The molecule has 7 heteroatoms. The fourth-order valence-corrected chi connectivity index (χ4v) is 1.69. The van der Waals surface area contributed by atoms with Crippen molar-refractivity contribution in [1.29, 1.82) is 0 Å². The summed E-state index contributed by atoms with van der Waals surface area (Å²) in [6.45, 7) is 3.08. The van der Waals surface area contributed by atoms with Crippen LogP contribution < -0.4 is 11.1 Å². The number of nitrogens with two attached hydrogens (primary N) is 1. The number of carbonyl (C=O) groups is 1. The topological polar surface area (TPSA) is 90.8 Å². The molecule has 0 aliphatic carbocycles. The molecule has 0 atom stereocenters. The summed E-state index contributed by atoms with van der Waals surface area (Å²) in [5.41, 5.74) is 7.52. The van der Waals surface area contributed by atoms with E-state index in [1.54, 1.807) is 17.9 Å². The molecule has 0 bridgehead atoms. The molecule has 0 aliphatic rings. The molecule has 7 nitrogen and oxygen atoms in total. The molecule has 2 rings (SSSR count). The van der Waals surface area contributed by atoms with Gasteiger partial charge in [-0.1, -0.05) is 0 Å². The van der Waals surface area contributed by atoms with Crippen molar-refractivity contribution in [2.45, 2.75) is 13.5 Å². The van der Waals surface area contributed by atoms with Crippen LogP contribution >= 0.6 is 0 Å². The third-order valence-corrected chi connectivity index (χ3v) is 2.57. The molecule has 0 fully saturated rings. The van der Waals surface area contributed by atoms with Gasteiger partial charge in [-0.05, 0) is 12.5 Å². The van der Waals surface area contributed by atoms with E-state index in [1.807, 2.05) is 13.1 Å². The molecule has 96 valence electrons. The number of nitrogens with zero attached hydrogens (tertiary/aromatic N) is 4. The lowest BCUT2D eigenvalue weighted by molar-refractivity contribution is 0.0943. The van der Waals surface area contributed by atoms with Crippen molar-refractivity contribution in [3.05, 3.63) is 29.8 Å². The molecule has 2 aromatic rings. The number of amides is 1. The van der Waals surface area contributed by atoms with Gasteiger partial charge in [0.25, 0.3) is 5.91 Å². The maximum absolute atomic E-state index is 11.9. The largest absolute Gasteiger partial charge is 0.396 e. The minimum Gasteiger partial charge on any atom is -0.396 e. The molecule has 3 N–H and O–H groups in total. The Hall–Kier alpha value is -2.31. The Balaban J connectivity index is 1.89. The van der Waals surface area contributed by atoms with E-state index < -0.39 is 0 Å². The number of rotatable bonds is 4. The van der Waals surface area contributed by atoms with Crippen LogP contribution in [0.1, 0.15) is 16.1 Å². The summed E-state index contributed by atoms with van der Waals surface area (Å²) < 4.78 is 3.24. The van der Waals surface area contributed by atoms with Gasteiger partial charge >= 0.3 is 0 Å². The van der Waals surface area contributed by atoms with Crippen molar-refractivity contribution in [3.8, 4) is 0 Å². The van der Waals surface area contributed by atoms with Crippen LogP contribution in [0, 0.1) is 6.92 Å². The normalized spacial score (nSPS) is 10.6. The lowest BCUT2D eigenvalue weighted by Crippen LogP contribution is -2.29. The zero-order valence-corrected chi connectivity index (χ0v) is 10.4. The van der Waals surface area contributed by atoms with E-state index in [4.69, 9.17) is 5.73 Å². The highest BCUT2D eigenvalue weighted by Gasteiger charge is 2.13. The third-order valence-electron chi connectivity index (χ3n) is 2.57.